The SMILES string of the molecule is C=CC(N)(Cc1ccccc1C)C(=O)O. The maximum absolute atomic E-state index is 11.0. The minimum absolute atomic E-state index is 0.262. The molecule has 0 fully saturated rings. The van der Waals surface area contributed by atoms with Crippen molar-refractivity contribution in [2.24, 2.45) is 5.73 Å². The van der Waals surface area contributed by atoms with Crippen LogP contribution in [0.2, 0.25) is 0 Å². The van der Waals surface area contributed by atoms with E-state index in [1.807, 2.05) is 31.2 Å². The molecule has 1 atom stereocenters. The summed E-state index contributed by atoms with van der Waals surface area (Å²) in [6.07, 6.45) is 1.54. The summed E-state index contributed by atoms with van der Waals surface area (Å²) < 4.78 is 0. The Bertz CT molecular complexity index is 387. The van der Waals surface area contributed by atoms with Gasteiger partial charge < -0.3 is 10.8 Å². The normalized spacial score (nSPS) is 14.3. The molecule has 3 nitrogen and oxygen atoms in total. The highest BCUT2D eigenvalue weighted by molar-refractivity contribution is 5.81. The quantitative estimate of drug-likeness (QED) is 0.732. The van der Waals surface area contributed by atoms with Crippen LogP contribution in [0.25, 0.3) is 0 Å². The third-order valence-electron chi connectivity index (χ3n) is 2.51. The van der Waals surface area contributed by atoms with Crippen molar-refractivity contribution in [1.29, 1.82) is 0 Å². The van der Waals surface area contributed by atoms with Crippen LogP contribution in [0.4, 0.5) is 0 Å². The van der Waals surface area contributed by atoms with Crippen LogP contribution < -0.4 is 5.73 Å². The molecule has 0 amide bonds. The van der Waals surface area contributed by atoms with E-state index in [1.165, 1.54) is 6.08 Å². The predicted octanol–water partition coefficient (Wildman–Crippen LogP) is 1.51. The second-order valence-electron chi connectivity index (χ2n) is 3.65. The van der Waals surface area contributed by atoms with Crippen molar-refractivity contribution >= 4 is 5.97 Å². The zero-order valence-electron chi connectivity index (χ0n) is 8.73. The van der Waals surface area contributed by atoms with Gasteiger partial charge in [0.15, 0.2) is 0 Å². The van der Waals surface area contributed by atoms with E-state index in [2.05, 4.69) is 6.58 Å². The monoisotopic (exact) mass is 205 g/mol. The smallest absolute Gasteiger partial charge is 0.328 e. The first-order chi connectivity index (χ1) is 6.99. The van der Waals surface area contributed by atoms with E-state index in [4.69, 9.17) is 10.8 Å². The molecule has 1 aromatic carbocycles. The van der Waals surface area contributed by atoms with E-state index < -0.39 is 11.5 Å². The number of carboxylic acid groups (broad SMARTS) is 1. The Hall–Kier alpha value is -1.61. The van der Waals surface area contributed by atoms with E-state index in [-0.39, 0.29) is 6.42 Å². The molecule has 0 saturated carbocycles. The molecule has 1 rings (SSSR count). The zero-order valence-corrected chi connectivity index (χ0v) is 8.73. The molecule has 0 aliphatic rings. The molecule has 0 aromatic heterocycles. The largest absolute Gasteiger partial charge is 0.480 e. The highest BCUT2D eigenvalue weighted by Crippen LogP contribution is 2.16. The highest BCUT2D eigenvalue weighted by atomic mass is 16.4. The average molecular weight is 205 g/mol. The number of aliphatic carboxylic acids is 1. The lowest BCUT2D eigenvalue weighted by atomic mass is 9.90. The number of rotatable bonds is 4. The molecular formula is C12H15NO2. The molecule has 0 aliphatic carbocycles. The van der Waals surface area contributed by atoms with E-state index >= 15 is 0 Å². The molecule has 1 unspecified atom stereocenters. The van der Waals surface area contributed by atoms with Crippen LogP contribution >= 0.6 is 0 Å². The Balaban J connectivity index is 2.99. The Kier molecular flexibility index (Phi) is 3.27. The molecule has 3 N–H and O–H groups in total. The molecule has 0 spiro atoms. The van der Waals surface area contributed by atoms with Gasteiger partial charge in [-0.3, -0.25) is 0 Å². The van der Waals surface area contributed by atoms with E-state index in [0.717, 1.165) is 11.1 Å². The number of nitrogens with two attached hydrogens (primary N) is 1. The predicted molar refractivity (Wildman–Crippen MR) is 59.6 cm³/mol. The standard InChI is InChI=1S/C12H15NO2/c1-3-12(13,11(14)15)8-10-7-5-4-6-9(10)2/h3-7H,1,8,13H2,2H3,(H,14,15). The number of benzene rings is 1. The molecule has 0 radical (unpaired) electrons. The Morgan fingerprint density at radius 1 is 1.60 bits per heavy atom. The van der Waals surface area contributed by atoms with Crippen molar-refractivity contribution < 1.29 is 9.90 Å². The first-order valence-electron chi connectivity index (χ1n) is 4.70. The summed E-state index contributed by atoms with van der Waals surface area (Å²) in [4.78, 5) is 11.0. The van der Waals surface area contributed by atoms with Gasteiger partial charge in [0.05, 0.1) is 0 Å². The molecule has 3 heteroatoms. The number of aryl methyl sites for hydroxylation is 1. The van der Waals surface area contributed by atoms with Crippen LogP contribution in [0.15, 0.2) is 36.9 Å². The summed E-state index contributed by atoms with van der Waals surface area (Å²) in [5, 5.41) is 8.99. The maximum Gasteiger partial charge on any atom is 0.328 e. The van der Waals surface area contributed by atoms with Crippen molar-refractivity contribution in [2.75, 3.05) is 0 Å². The van der Waals surface area contributed by atoms with Gasteiger partial charge in [-0.1, -0.05) is 30.3 Å². The van der Waals surface area contributed by atoms with Crippen LogP contribution in [-0.2, 0) is 11.2 Å². The number of carbonyl (C=O) groups is 1. The van der Waals surface area contributed by atoms with Crippen LogP contribution in [0.1, 0.15) is 11.1 Å². The topological polar surface area (TPSA) is 63.3 Å². The van der Waals surface area contributed by atoms with Crippen LogP contribution in [0.5, 0.6) is 0 Å². The second kappa shape index (κ2) is 4.28. The first kappa shape index (κ1) is 11.5. The lowest BCUT2D eigenvalue weighted by molar-refractivity contribution is -0.141. The summed E-state index contributed by atoms with van der Waals surface area (Å²) in [5.74, 6) is -1.05. The lowest BCUT2D eigenvalue weighted by Crippen LogP contribution is -2.48. The molecule has 0 heterocycles. The van der Waals surface area contributed by atoms with Gasteiger partial charge in [0, 0.05) is 6.42 Å². The molecule has 80 valence electrons. The van der Waals surface area contributed by atoms with Gasteiger partial charge in [0.25, 0.3) is 0 Å². The van der Waals surface area contributed by atoms with Gasteiger partial charge in [-0.2, -0.15) is 0 Å². The molecule has 0 bridgehead atoms. The van der Waals surface area contributed by atoms with Gasteiger partial charge in [0.1, 0.15) is 5.54 Å². The Labute approximate surface area is 89.2 Å². The minimum atomic E-state index is -1.38. The van der Waals surface area contributed by atoms with Crippen molar-refractivity contribution in [2.45, 2.75) is 18.9 Å². The van der Waals surface area contributed by atoms with Crippen molar-refractivity contribution in [1.82, 2.24) is 0 Å². The van der Waals surface area contributed by atoms with Crippen LogP contribution in [0.3, 0.4) is 0 Å². The fourth-order valence-corrected chi connectivity index (χ4v) is 1.36. The summed E-state index contributed by atoms with van der Waals surface area (Å²) in [6.45, 7) is 5.41. The molecular weight excluding hydrogens is 190 g/mol. The first-order valence-corrected chi connectivity index (χ1v) is 4.70. The van der Waals surface area contributed by atoms with Gasteiger partial charge in [-0.05, 0) is 18.1 Å². The Morgan fingerprint density at radius 2 is 2.20 bits per heavy atom. The Morgan fingerprint density at radius 3 is 2.67 bits per heavy atom. The summed E-state index contributed by atoms with van der Waals surface area (Å²) in [6, 6.07) is 7.59. The maximum atomic E-state index is 11.0. The molecule has 15 heavy (non-hydrogen) atoms. The van der Waals surface area contributed by atoms with Crippen molar-refractivity contribution in [3.8, 4) is 0 Å². The van der Waals surface area contributed by atoms with Crippen molar-refractivity contribution in [3.63, 3.8) is 0 Å². The fraction of sp³-hybridized carbons (Fsp3) is 0.250. The molecule has 1 aromatic rings. The number of carboxylic acids is 1. The van der Waals surface area contributed by atoms with Gasteiger partial charge in [-0.15, -0.1) is 6.58 Å². The van der Waals surface area contributed by atoms with Gasteiger partial charge >= 0.3 is 5.97 Å². The van der Waals surface area contributed by atoms with Crippen molar-refractivity contribution in [3.05, 3.63) is 48.0 Å². The molecule has 0 aliphatic heterocycles. The minimum Gasteiger partial charge on any atom is -0.480 e. The number of hydrogen-bond donors (Lipinski definition) is 2. The summed E-state index contributed by atoms with van der Waals surface area (Å²) >= 11 is 0. The fourth-order valence-electron chi connectivity index (χ4n) is 1.36. The van der Waals surface area contributed by atoms with E-state index in [9.17, 15) is 4.79 Å². The number of hydrogen-bond acceptors (Lipinski definition) is 2. The summed E-state index contributed by atoms with van der Waals surface area (Å²) in [5.41, 5.74) is 6.31. The average Bonchev–Trinajstić information content (AvgIpc) is 2.21. The third kappa shape index (κ3) is 2.44. The van der Waals surface area contributed by atoms with Crippen LogP contribution in [0, 0.1) is 6.92 Å². The molecule has 0 saturated heterocycles. The summed E-state index contributed by atoms with van der Waals surface area (Å²) in [7, 11) is 0. The highest BCUT2D eigenvalue weighted by Gasteiger charge is 2.30. The zero-order chi connectivity index (χ0) is 11.5. The van der Waals surface area contributed by atoms with Gasteiger partial charge in [0.2, 0.25) is 0 Å². The van der Waals surface area contributed by atoms with E-state index in [0.29, 0.717) is 0 Å². The van der Waals surface area contributed by atoms with E-state index in [1.54, 1.807) is 0 Å². The third-order valence-corrected chi connectivity index (χ3v) is 2.51. The van der Waals surface area contributed by atoms with Crippen LogP contribution in [-0.4, -0.2) is 16.6 Å². The lowest BCUT2D eigenvalue weighted by Gasteiger charge is -2.21. The second-order valence-corrected chi connectivity index (χ2v) is 3.65. The van der Waals surface area contributed by atoms with Gasteiger partial charge in [-0.25, -0.2) is 4.79 Å².